The number of carbonyl (C=O) groups excluding carboxylic acids is 2. The molecule has 1 N–H and O–H groups in total. The third-order valence-electron chi connectivity index (χ3n) is 4.08. The van der Waals surface area contributed by atoms with Crippen molar-refractivity contribution in [3.63, 3.8) is 0 Å². The van der Waals surface area contributed by atoms with E-state index in [2.05, 4.69) is 10.3 Å². The highest BCUT2D eigenvalue weighted by molar-refractivity contribution is 6.30. The molecule has 0 aliphatic carbocycles. The molecule has 2 amide bonds. The van der Waals surface area contributed by atoms with Crippen molar-refractivity contribution in [1.82, 2.24) is 15.2 Å². The summed E-state index contributed by atoms with van der Waals surface area (Å²) in [6.45, 7) is 6.14. The number of hydrogen-bond donors (Lipinski definition) is 1. The van der Waals surface area contributed by atoms with Gasteiger partial charge in [-0.2, -0.15) is 0 Å². The van der Waals surface area contributed by atoms with Crippen LogP contribution in [0.15, 0.2) is 48.8 Å². The quantitative estimate of drug-likeness (QED) is 0.808. The molecule has 26 heavy (non-hydrogen) atoms. The lowest BCUT2D eigenvalue weighted by Gasteiger charge is -2.30. The fraction of sp³-hybridized carbons (Fsp3) is 0.350. The van der Waals surface area contributed by atoms with Crippen molar-refractivity contribution >= 4 is 23.4 Å². The van der Waals surface area contributed by atoms with Crippen molar-refractivity contribution in [3.05, 3.63) is 64.9 Å². The first-order valence-electron chi connectivity index (χ1n) is 8.60. The Morgan fingerprint density at radius 2 is 1.81 bits per heavy atom. The number of nitrogens with one attached hydrogen (secondary N) is 1. The molecule has 5 nitrogen and oxygen atoms in total. The highest BCUT2D eigenvalue weighted by Crippen LogP contribution is 2.16. The van der Waals surface area contributed by atoms with Crippen LogP contribution in [0, 0.1) is 5.92 Å². The molecule has 6 heteroatoms. The Morgan fingerprint density at radius 3 is 2.38 bits per heavy atom. The highest BCUT2D eigenvalue weighted by atomic mass is 35.5. The minimum absolute atomic E-state index is 0.0658. The van der Waals surface area contributed by atoms with Crippen LogP contribution in [0.1, 0.15) is 31.9 Å². The van der Waals surface area contributed by atoms with Crippen LogP contribution in [0.2, 0.25) is 5.02 Å². The lowest BCUT2D eigenvalue weighted by atomic mass is 10.1. The van der Waals surface area contributed by atoms with E-state index < -0.39 is 6.04 Å². The average molecular weight is 374 g/mol. The lowest BCUT2D eigenvalue weighted by molar-refractivity contribution is -0.143. The maximum Gasteiger partial charge on any atom is 0.242 e. The predicted molar refractivity (Wildman–Crippen MR) is 102 cm³/mol. The molecule has 2 aromatic rings. The summed E-state index contributed by atoms with van der Waals surface area (Å²) in [5.74, 6) is -0.461. The van der Waals surface area contributed by atoms with Gasteiger partial charge < -0.3 is 10.2 Å². The van der Waals surface area contributed by atoms with E-state index in [4.69, 9.17) is 11.6 Å². The van der Waals surface area contributed by atoms with Gasteiger partial charge in [0.15, 0.2) is 0 Å². The van der Waals surface area contributed by atoms with Crippen LogP contribution in [0.25, 0.3) is 0 Å². The van der Waals surface area contributed by atoms with Crippen molar-refractivity contribution in [3.8, 4) is 0 Å². The zero-order chi connectivity index (χ0) is 19.1. The molecule has 0 aliphatic heterocycles. The Balaban J connectivity index is 2.08. The first-order valence-corrected chi connectivity index (χ1v) is 8.98. The number of rotatable bonds is 7. The second kappa shape index (κ2) is 9.34. The summed E-state index contributed by atoms with van der Waals surface area (Å²) < 4.78 is 0. The molecule has 0 radical (unpaired) electrons. The van der Waals surface area contributed by atoms with Gasteiger partial charge in [0.1, 0.15) is 6.04 Å². The molecular weight excluding hydrogens is 350 g/mol. The van der Waals surface area contributed by atoms with Crippen LogP contribution >= 0.6 is 11.6 Å². The summed E-state index contributed by atoms with van der Waals surface area (Å²) in [5, 5.41) is 3.51. The summed E-state index contributed by atoms with van der Waals surface area (Å²) in [7, 11) is 0. The van der Waals surface area contributed by atoms with E-state index in [1.54, 1.807) is 36.4 Å². The number of amides is 2. The summed E-state index contributed by atoms with van der Waals surface area (Å²) in [4.78, 5) is 30.9. The van der Waals surface area contributed by atoms with Gasteiger partial charge in [0.2, 0.25) is 11.8 Å². The van der Waals surface area contributed by atoms with Crippen LogP contribution in [-0.2, 0) is 22.7 Å². The first kappa shape index (κ1) is 19.9. The molecule has 1 aromatic heterocycles. The molecule has 0 unspecified atom stereocenters. The van der Waals surface area contributed by atoms with Crippen LogP contribution in [0.3, 0.4) is 0 Å². The van der Waals surface area contributed by atoms with Gasteiger partial charge in [0.25, 0.3) is 0 Å². The van der Waals surface area contributed by atoms with E-state index in [1.807, 2.05) is 38.1 Å². The smallest absolute Gasteiger partial charge is 0.242 e. The molecule has 0 aliphatic rings. The van der Waals surface area contributed by atoms with Gasteiger partial charge >= 0.3 is 0 Å². The molecular formula is C20H24ClN3O2. The van der Waals surface area contributed by atoms with E-state index >= 15 is 0 Å². The normalized spacial score (nSPS) is 11.9. The van der Waals surface area contributed by atoms with Gasteiger partial charge in [-0.05, 0) is 36.2 Å². The number of benzene rings is 1. The van der Waals surface area contributed by atoms with Crippen molar-refractivity contribution in [2.75, 3.05) is 0 Å². The van der Waals surface area contributed by atoms with Gasteiger partial charge in [0, 0.05) is 36.4 Å². The molecule has 2 rings (SSSR count). The van der Waals surface area contributed by atoms with Crippen LogP contribution in [0.5, 0.6) is 0 Å². The summed E-state index contributed by atoms with van der Waals surface area (Å²) in [5.41, 5.74) is 1.84. The van der Waals surface area contributed by atoms with Gasteiger partial charge in [0.05, 0.1) is 0 Å². The van der Waals surface area contributed by atoms with Crippen molar-refractivity contribution in [1.29, 1.82) is 0 Å². The Bertz CT molecular complexity index is 732. The number of carbonyl (C=O) groups is 2. The fourth-order valence-electron chi connectivity index (χ4n) is 2.50. The average Bonchev–Trinajstić information content (AvgIpc) is 2.65. The molecule has 1 atom stereocenters. The molecule has 0 saturated carbocycles. The predicted octanol–water partition coefficient (Wildman–Crippen LogP) is 3.42. The molecule has 0 fully saturated rings. The van der Waals surface area contributed by atoms with Crippen molar-refractivity contribution in [2.24, 2.45) is 5.92 Å². The summed E-state index contributed by atoms with van der Waals surface area (Å²) >= 11 is 5.92. The summed E-state index contributed by atoms with van der Waals surface area (Å²) in [6, 6.07) is 10.4. The second-order valence-electron chi connectivity index (χ2n) is 6.50. The standard InChI is InChI=1S/C20H24ClN3O2/c1-14(2)20(26)24(13-16-6-8-18(21)9-7-16)15(3)19(25)23-12-17-5-4-10-22-11-17/h4-11,14-15H,12-13H2,1-3H3,(H,23,25)/t15-/m1/s1. The maximum absolute atomic E-state index is 12.6. The van der Waals surface area contributed by atoms with Crippen LogP contribution in [0.4, 0.5) is 0 Å². The minimum atomic E-state index is -0.586. The number of aromatic nitrogens is 1. The fourth-order valence-corrected chi connectivity index (χ4v) is 2.63. The van der Waals surface area contributed by atoms with E-state index in [0.717, 1.165) is 11.1 Å². The number of hydrogen-bond acceptors (Lipinski definition) is 3. The Morgan fingerprint density at radius 1 is 1.12 bits per heavy atom. The second-order valence-corrected chi connectivity index (χ2v) is 6.94. The Kier molecular flexibility index (Phi) is 7.16. The molecule has 1 heterocycles. The SMILES string of the molecule is CC(C)C(=O)N(Cc1ccc(Cl)cc1)[C@H](C)C(=O)NCc1cccnc1. The maximum atomic E-state index is 12.6. The Labute approximate surface area is 159 Å². The van der Waals surface area contributed by atoms with Gasteiger partial charge in [-0.1, -0.05) is 43.6 Å². The minimum Gasteiger partial charge on any atom is -0.350 e. The zero-order valence-electron chi connectivity index (χ0n) is 15.3. The van der Waals surface area contributed by atoms with Crippen LogP contribution in [-0.4, -0.2) is 27.7 Å². The molecule has 0 saturated heterocycles. The van der Waals surface area contributed by atoms with Gasteiger partial charge in [-0.25, -0.2) is 0 Å². The third-order valence-corrected chi connectivity index (χ3v) is 4.33. The topological polar surface area (TPSA) is 62.3 Å². The highest BCUT2D eigenvalue weighted by Gasteiger charge is 2.27. The van der Waals surface area contributed by atoms with E-state index in [-0.39, 0.29) is 17.7 Å². The van der Waals surface area contributed by atoms with Crippen LogP contribution < -0.4 is 5.32 Å². The van der Waals surface area contributed by atoms with Gasteiger partial charge in [-0.3, -0.25) is 14.6 Å². The number of halogens is 1. The van der Waals surface area contributed by atoms with Gasteiger partial charge in [-0.15, -0.1) is 0 Å². The number of pyridine rings is 1. The number of nitrogens with zero attached hydrogens (tertiary/aromatic N) is 2. The molecule has 0 bridgehead atoms. The molecule has 0 spiro atoms. The Hall–Kier alpha value is -2.40. The lowest BCUT2D eigenvalue weighted by Crippen LogP contribution is -2.48. The van der Waals surface area contributed by atoms with Crippen molar-refractivity contribution in [2.45, 2.75) is 39.9 Å². The van der Waals surface area contributed by atoms with Crippen molar-refractivity contribution < 1.29 is 9.59 Å². The molecule has 1 aromatic carbocycles. The van der Waals surface area contributed by atoms with E-state index in [9.17, 15) is 9.59 Å². The zero-order valence-corrected chi connectivity index (χ0v) is 16.0. The first-order chi connectivity index (χ1) is 12.4. The van der Waals surface area contributed by atoms with E-state index in [0.29, 0.717) is 18.1 Å². The third kappa shape index (κ3) is 5.56. The largest absolute Gasteiger partial charge is 0.350 e. The monoisotopic (exact) mass is 373 g/mol. The molecule has 138 valence electrons. The summed E-state index contributed by atoms with van der Waals surface area (Å²) in [6.07, 6.45) is 3.39. The van der Waals surface area contributed by atoms with E-state index in [1.165, 1.54) is 0 Å².